The van der Waals surface area contributed by atoms with Crippen LogP contribution in [-0.2, 0) is 6.54 Å². The van der Waals surface area contributed by atoms with Crippen LogP contribution in [0.3, 0.4) is 0 Å². The van der Waals surface area contributed by atoms with Gasteiger partial charge < -0.3 is 10.3 Å². The molecule has 2 N–H and O–H groups in total. The van der Waals surface area contributed by atoms with Crippen LogP contribution in [0, 0.1) is 19.8 Å². The largest absolute Gasteiger partial charge is 0.350 e. The fourth-order valence-corrected chi connectivity index (χ4v) is 3.06. The number of likely N-dealkylation sites (tertiary alicyclic amines) is 1. The summed E-state index contributed by atoms with van der Waals surface area (Å²) in [4.78, 5) is 26.3. The van der Waals surface area contributed by atoms with Gasteiger partial charge in [0.05, 0.1) is 0 Å². The summed E-state index contributed by atoms with van der Waals surface area (Å²) in [5, 5.41) is 3.02. The maximum atomic E-state index is 12.2. The zero-order valence-electron chi connectivity index (χ0n) is 13.7. The van der Waals surface area contributed by atoms with Crippen molar-refractivity contribution in [2.75, 3.05) is 19.6 Å². The molecule has 2 aromatic heterocycles. The minimum atomic E-state index is -0.0780. The van der Waals surface area contributed by atoms with E-state index in [0.29, 0.717) is 18.2 Å². The Bertz CT molecular complexity index is 681. The molecule has 1 unspecified atom stereocenters. The van der Waals surface area contributed by atoms with E-state index in [2.05, 4.69) is 25.2 Å². The molecule has 2 aromatic rings. The first kappa shape index (κ1) is 15.7. The topological polar surface area (TPSA) is 73.9 Å². The SMILES string of the molecule is Cc1ncc(CN2CCC(CNC(=O)c3ncccc3C)C2)[nH]1. The van der Waals surface area contributed by atoms with Gasteiger partial charge in [-0.25, -0.2) is 4.98 Å². The molecular weight excluding hydrogens is 290 g/mol. The predicted molar refractivity (Wildman–Crippen MR) is 88.0 cm³/mol. The number of amides is 1. The Kier molecular flexibility index (Phi) is 4.71. The van der Waals surface area contributed by atoms with Crippen molar-refractivity contribution in [1.29, 1.82) is 0 Å². The second-order valence-electron chi connectivity index (χ2n) is 6.26. The van der Waals surface area contributed by atoms with Crippen LogP contribution in [0.25, 0.3) is 0 Å². The molecule has 0 saturated carbocycles. The number of carbonyl (C=O) groups excluding carboxylic acids is 1. The molecule has 0 spiro atoms. The van der Waals surface area contributed by atoms with E-state index >= 15 is 0 Å². The molecule has 0 bridgehead atoms. The van der Waals surface area contributed by atoms with Crippen LogP contribution in [0.2, 0.25) is 0 Å². The third-order valence-electron chi connectivity index (χ3n) is 4.30. The maximum Gasteiger partial charge on any atom is 0.270 e. The van der Waals surface area contributed by atoms with Crippen LogP contribution in [0.5, 0.6) is 0 Å². The van der Waals surface area contributed by atoms with E-state index in [0.717, 1.165) is 43.1 Å². The number of aryl methyl sites for hydroxylation is 2. The summed E-state index contributed by atoms with van der Waals surface area (Å²) in [5.41, 5.74) is 2.58. The predicted octanol–water partition coefficient (Wildman–Crippen LogP) is 1.67. The number of H-pyrrole nitrogens is 1. The van der Waals surface area contributed by atoms with E-state index in [-0.39, 0.29) is 5.91 Å². The van der Waals surface area contributed by atoms with Crippen molar-refractivity contribution in [2.45, 2.75) is 26.8 Å². The molecule has 1 saturated heterocycles. The van der Waals surface area contributed by atoms with Crippen LogP contribution in [0.1, 0.15) is 34.0 Å². The van der Waals surface area contributed by atoms with Gasteiger partial charge in [-0.15, -0.1) is 0 Å². The van der Waals surface area contributed by atoms with Crippen molar-refractivity contribution < 1.29 is 4.79 Å². The number of nitrogens with zero attached hydrogens (tertiary/aromatic N) is 3. The van der Waals surface area contributed by atoms with Crippen molar-refractivity contribution >= 4 is 5.91 Å². The van der Waals surface area contributed by atoms with Crippen molar-refractivity contribution in [2.24, 2.45) is 5.92 Å². The minimum absolute atomic E-state index is 0.0780. The number of carbonyl (C=O) groups is 1. The first-order valence-corrected chi connectivity index (χ1v) is 8.04. The highest BCUT2D eigenvalue weighted by molar-refractivity contribution is 5.93. The number of rotatable bonds is 5. The summed E-state index contributed by atoms with van der Waals surface area (Å²) in [5.74, 6) is 1.37. The van der Waals surface area contributed by atoms with Gasteiger partial charge in [0.15, 0.2) is 0 Å². The van der Waals surface area contributed by atoms with E-state index in [1.54, 1.807) is 6.20 Å². The van der Waals surface area contributed by atoms with Gasteiger partial charge in [0.25, 0.3) is 5.91 Å². The first-order chi connectivity index (χ1) is 11.1. The minimum Gasteiger partial charge on any atom is -0.350 e. The highest BCUT2D eigenvalue weighted by Gasteiger charge is 2.23. The average Bonchev–Trinajstić information content (AvgIpc) is 3.15. The third kappa shape index (κ3) is 3.96. The number of hydrogen-bond donors (Lipinski definition) is 2. The van der Waals surface area contributed by atoms with Crippen molar-refractivity contribution in [1.82, 2.24) is 25.2 Å². The number of pyridine rings is 1. The Morgan fingerprint density at radius 2 is 2.30 bits per heavy atom. The summed E-state index contributed by atoms with van der Waals surface area (Å²) < 4.78 is 0. The van der Waals surface area contributed by atoms with Crippen molar-refractivity contribution in [3.05, 3.63) is 47.3 Å². The molecule has 6 nitrogen and oxygen atoms in total. The molecule has 1 fully saturated rings. The Labute approximate surface area is 136 Å². The summed E-state index contributed by atoms with van der Waals surface area (Å²) in [7, 11) is 0. The summed E-state index contributed by atoms with van der Waals surface area (Å²) >= 11 is 0. The lowest BCUT2D eigenvalue weighted by Gasteiger charge is -2.15. The summed E-state index contributed by atoms with van der Waals surface area (Å²) in [6, 6.07) is 3.75. The Morgan fingerprint density at radius 1 is 1.43 bits per heavy atom. The third-order valence-corrected chi connectivity index (χ3v) is 4.30. The van der Waals surface area contributed by atoms with E-state index < -0.39 is 0 Å². The van der Waals surface area contributed by atoms with Gasteiger partial charge in [0, 0.05) is 37.7 Å². The number of imidazole rings is 1. The van der Waals surface area contributed by atoms with Crippen LogP contribution in [0.4, 0.5) is 0 Å². The Morgan fingerprint density at radius 3 is 3.04 bits per heavy atom. The molecule has 1 aliphatic rings. The summed E-state index contributed by atoms with van der Waals surface area (Å²) in [6.45, 7) is 7.52. The average molecular weight is 313 g/mol. The second kappa shape index (κ2) is 6.91. The van der Waals surface area contributed by atoms with Gasteiger partial charge in [0.2, 0.25) is 0 Å². The molecule has 1 aliphatic heterocycles. The second-order valence-corrected chi connectivity index (χ2v) is 6.26. The van der Waals surface area contributed by atoms with E-state index in [1.807, 2.05) is 32.2 Å². The Balaban J connectivity index is 1.47. The molecular formula is C17H23N5O. The standard InChI is InChI=1S/C17H23N5O/c1-12-4-3-6-18-16(12)17(23)20-8-14-5-7-22(10-14)11-15-9-19-13(2)21-15/h3-4,6,9,14H,5,7-8,10-11H2,1-2H3,(H,19,21)(H,20,23). The quantitative estimate of drug-likeness (QED) is 0.880. The lowest BCUT2D eigenvalue weighted by atomic mass is 10.1. The summed E-state index contributed by atoms with van der Waals surface area (Å²) in [6.07, 6.45) is 4.66. The van der Waals surface area contributed by atoms with Crippen LogP contribution in [-0.4, -0.2) is 45.4 Å². The number of nitrogens with one attached hydrogen (secondary N) is 2. The molecule has 6 heteroatoms. The molecule has 3 rings (SSSR count). The van der Waals surface area contributed by atoms with Crippen LogP contribution >= 0.6 is 0 Å². The molecule has 3 heterocycles. The molecule has 122 valence electrons. The van der Waals surface area contributed by atoms with Gasteiger partial charge in [-0.05, 0) is 44.4 Å². The monoisotopic (exact) mass is 313 g/mol. The molecule has 1 atom stereocenters. The zero-order chi connectivity index (χ0) is 16.2. The normalized spacial score (nSPS) is 18.3. The van der Waals surface area contributed by atoms with Crippen molar-refractivity contribution in [3.8, 4) is 0 Å². The van der Waals surface area contributed by atoms with Crippen molar-refractivity contribution in [3.63, 3.8) is 0 Å². The lowest BCUT2D eigenvalue weighted by molar-refractivity contribution is 0.0941. The molecule has 0 aromatic carbocycles. The van der Waals surface area contributed by atoms with Gasteiger partial charge in [-0.2, -0.15) is 0 Å². The molecule has 1 amide bonds. The van der Waals surface area contributed by atoms with Gasteiger partial charge >= 0.3 is 0 Å². The fraction of sp³-hybridized carbons (Fsp3) is 0.471. The first-order valence-electron chi connectivity index (χ1n) is 8.04. The van der Waals surface area contributed by atoms with Gasteiger partial charge in [0.1, 0.15) is 11.5 Å². The molecule has 0 aliphatic carbocycles. The molecule has 23 heavy (non-hydrogen) atoms. The highest BCUT2D eigenvalue weighted by atomic mass is 16.1. The van der Waals surface area contributed by atoms with E-state index in [9.17, 15) is 4.79 Å². The van der Waals surface area contributed by atoms with Gasteiger partial charge in [-0.1, -0.05) is 6.07 Å². The lowest BCUT2D eigenvalue weighted by Crippen LogP contribution is -2.31. The Hall–Kier alpha value is -2.21. The van der Waals surface area contributed by atoms with Crippen LogP contribution < -0.4 is 5.32 Å². The highest BCUT2D eigenvalue weighted by Crippen LogP contribution is 2.17. The number of aromatic nitrogens is 3. The maximum absolute atomic E-state index is 12.2. The molecule has 0 radical (unpaired) electrons. The fourth-order valence-electron chi connectivity index (χ4n) is 3.06. The van der Waals surface area contributed by atoms with E-state index in [4.69, 9.17) is 0 Å². The smallest absolute Gasteiger partial charge is 0.270 e. The zero-order valence-corrected chi connectivity index (χ0v) is 13.7. The number of aromatic amines is 1. The van der Waals surface area contributed by atoms with Gasteiger partial charge in [-0.3, -0.25) is 14.7 Å². The number of hydrogen-bond acceptors (Lipinski definition) is 4. The van der Waals surface area contributed by atoms with Crippen LogP contribution in [0.15, 0.2) is 24.5 Å². The van der Waals surface area contributed by atoms with E-state index in [1.165, 1.54) is 0 Å².